The van der Waals surface area contributed by atoms with Crippen molar-refractivity contribution in [1.29, 1.82) is 0 Å². The first-order valence-corrected chi connectivity index (χ1v) is 8.63. The topological polar surface area (TPSA) is 63.6 Å². The number of esters is 1. The summed E-state index contributed by atoms with van der Waals surface area (Å²) in [6, 6.07) is 13.1. The maximum Gasteiger partial charge on any atom is 0.343 e. The molecule has 0 fully saturated rings. The molecule has 4 heteroatoms. The molecule has 4 nitrogen and oxygen atoms in total. The van der Waals surface area contributed by atoms with E-state index in [1.54, 1.807) is 12.1 Å². The number of benzene rings is 2. The molecule has 0 heterocycles. The summed E-state index contributed by atoms with van der Waals surface area (Å²) in [6.07, 6.45) is 7.13. The first-order chi connectivity index (χ1) is 12.9. The van der Waals surface area contributed by atoms with E-state index in [2.05, 4.69) is 26.0 Å². The number of carbonyl (C=O) groups is 2. The predicted molar refractivity (Wildman–Crippen MR) is 105 cm³/mol. The molecule has 0 saturated carbocycles. The molecule has 1 aliphatic rings. The molecule has 136 valence electrons. The van der Waals surface area contributed by atoms with Gasteiger partial charge in [0.1, 0.15) is 5.75 Å². The van der Waals surface area contributed by atoms with Crippen LogP contribution >= 0.6 is 0 Å². The summed E-state index contributed by atoms with van der Waals surface area (Å²) in [7, 11) is 0. The first kappa shape index (κ1) is 18.4. The van der Waals surface area contributed by atoms with Crippen molar-refractivity contribution < 1.29 is 19.4 Å². The third-order valence-corrected chi connectivity index (χ3v) is 4.40. The van der Waals surface area contributed by atoms with Crippen molar-refractivity contribution >= 4 is 17.5 Å². The summed E-state index contributed by atoms with van der Waals surface area (Å²) in [5.74, 6) is -1.25. The monoisotopic (exact) mass is 360 g/mol. The Morgan fingerprint density at radius 1 is 1.00 bits per heavy atom. The van der Waals surface area contributed by atoms with Crippen molar-refractivity contribution in [3.8, 4) is 5.75 Å². The highest BCUT2D eigenvalue weighted by atomic mass is 16.5. The van der Waals surface area contributed by atoms with Crippen molar-refractivity contribution in [2.24, 2.45) is 0 Å². The van der Waals surface area contributed by atoms with E-state index < -0.39 is 11.9 Å². The molecule has 0 aliphatic heterocycles. The van der Waals surface area contributed by atoms with E-state index in [9.17, 15) is 9.59 Å². The van der Waals surface area contributed by atoms with E-state index in [1.165, 1.54) is 41.0 Å². The molecule has 3 rings (SSSR count). The Balaban J connectivity index is 1.73. The van der Waals surface area contributed by atoms with E-state index in [4.69, 9.17) is 9.84 Å². The molecule has 0 spiro atoms. The summed E-state index contributed by atoms with van der Waals surface area (Å²) >= 11 is 0. The molecule has 2 aromatic carbocycles. The van der Waals surface area contributed by atoms with Gasteiger partial charge in [0.05, 0.1) is 11.1 Å². The van der Waals surface area contributed by atoms with Gasteiger partial charge in [0.2, 0.25) is 0 Å². The van der Waals surface area contributed by atoms with Crippen LogP contribution in [0.2, 0.25) is 0 Å². The van der Waals surface area contributed by atoms with Gasteiger partial charge in [-0.3, -0.25) is 0 Å². The fourth-order valence-corrected chi connectivity index (χ4v) is 2.83. The van der Waals surface area contributed by atoms with Crippen LogP contribution in [0.25, 0.3) is 5.57 Å². The van der Waals surface area contributed by atoms with E-state index in [-0.39, 0.29) is 11.1 Å². The lowest BCUT2D eigenvalue weighted by Crippen LogP contribution is -2.09. The second-order valence-corrected chi connectivity index (χ2v) is 6.55. The highest BCUT2D eigenvalue weighted by Crippen LogP contribution is 2.29. The number of carboxylic acids is 1. The first-order valence-electron chi connectivity index (χ1n) is 8.63. The van der Waals surface area contributed by atoms with Gasteiger partial charge in [-0.15, -0.1) is 0 Å². The van der Waals surface area contributed by atoms with Crippen LogP contribution in [0, 0.1) is 0 Å². The van der Waals surface area contributed by atoms with Crippen LogP contribution in [0.1, 0.15) is 46.5 Å². The number of carbonyl (C=O) groups excluding carboxylic acids is 1. The fraction of sp³-hybridized carbons (Fsp3) is 0.130. The Hall–Kier alpha value is -3.40. The number of hydrogen-bond donors (Lipinski definition) is 1. The Morgan fingerprint density at radius 2 is 1.70 bits per heavy atom. The maximum absolute atomic E-state index is 12.3. The molecule has 0 aromatic heterocycles. The maximum atomic E-state index is 12.3. The third kappa shape index (κ3) is 4.42. The van der Waals surface area contributed by atoms with Gasteiger partial charge in [-0.25, -0.2) is 9.59 Å². The smallest absolute Gasteiger partial charge is 0.343 e. The van der Waals surface area contributed by atoms with Gasteiger partial charge in [-0.1, -0.05) is 42.0 Å². The quantitative estimate of drug-likeness (QED) is 0.595. The molecule has 0 radical (unpaired) electrons. The molecule has 0 saturated heterocycles. The molecule has 1 N–H and O–H groups in total. The van der Waals surface area contributed by atoms with Gasteiger partial charge in [0, 0.05) is 0 Å². The molecule has 2 aromatic rings. The highest BCUT2D eigenvalue weighted by molar-refractivity contribution is 5.95. The summed E-state index contributed by atoms with van der Waals surface area (Å²) < 4.78 is 5.36. The summed E-state index contributed by atoms with van der Waals surface area (Å²) in [4.78, 5) is 23.3. The minimum absolute atomic E-state index is 0.0483. The number of carboxylic acid groups (broad SMARTS) is 1. The average molecular weight is 360 g/mol. The van der Waals surface area contributed by atoms with Crippen LogP contribution in [0.4, 0.5) is 0 Å². The van der Waals surface area contributed by atoms with Crippen LogP contribution in [0.15, 0.2) is 77.9 Å². The lowest BCUT2D eigenvalue weighted by atomic mass is 9.92. The van der Waals surface area contributed by atoms with E-state index in [0.29, 0.717) is 5.75 Å². The van der Waals surface area contributed by atoms with Crippen molar-refractivity contribution in [1.82, 2.24) is 0 Å². The zero-order valence-corrected chi connectivity index (χ0v) is 15.2. The number of rotatable bonds is 4. The minimum atomic E-state index is -1.08. The molecule has 0 bridgehead atoms. The molecular formula is C23H20O4. The second-order valence-electron chi connectivity index (χ2n) is 6.55. The van der Waals surface area contributed by atoms with Gasteiger partial charge in [-0.05, 0) is 67.3 Å². The van der Waals surface area contributed by atoms with Crippen LogP contribution in [-0.2, 0) is 0 Å². The molecular weight excluding hydrogens is 340 g/mol. The van der Waals surface area contributed by atoms with Gasteiger partial charge < -0.3 is 9.84 Å². The van der Waals surface area contributed by atoms with Gasteiger partial charge in [0.25, 0.3) is 0 Å². The zero-order valence-electron chi connectivity index (χ0n) is 15.2. The molecule has 0 atom stereocenters. The fourth-order valence-electron chi connectivity index (χ4n) is 2.83. The molecule has 1 aliphatic carbocycles. The Bertz CT molecular complexity index is 972. The van der Waals surface area contributed by atoms with Gasteiger partial charge in [0.15, 0.2) is 0 Å². The summed E-state index contributed by atoms with van der Waals surface area (Å²) in [5, 5.41) is 9.02. The Kier molecular flexibility index (Phi) is 5.36. The van der Waals surface area contributed by atoms with Crippen molar-refractivity contribution in [2.75, 3.05) is 0 Å². The lowest BCUT2D eigenvalue weighted by molar-refractivity contribution is 0.0697. The molecule has 0 amide bonds. The van der Waals surface area contributed by atoms with Crippen molar-refractivity contribution in [2.45, 2.75) is 20.3 Å². The van der Waals surface area contributed by atoms with Crippen LogP contribution in [0.3, 0.4) is 0 Å². The number of ether oxygens (including phenoxy) is 1. The van der Waals surface area contributed by atoms with E-state index in [1.807, 2.05) is 18.2 Å². The number of allylic oxidation sites excluding steroid dienone is 6. The average Bonchev–Trinajstić information content (AvgIpc) is 2.68. The highest BCUT2D eigenvalue weighted by Gasteiger charge is 2.13. The Labute approximate surface area is 158 Å². The normalized spacial score (nSPS) is 13.1. The van der Waals surface area contributed by atoms with Crippen molar-refractivity contribution in [3.05, 3.63) is 94.6 Å². The summed E-state index contributed by atoms with van der Waals surface area (Å²) in [6.45, 7) is 4.20. The largest absolute Gasteiger partial charge is 0.478 e. The zero-order chi connectivity index (χ0) is 19.4. The predicted octanol–water partition coefficient (Wildman–Crippen LogP) is 5.28. The van der Waals surface area contributed by atoms with Gasteiger partial charge >= 0.3 is 11.9 Å². The van der Waals surface area contributed by atoms with Crippen LogP contribution < -0.4 is 4.74 Å². The van der Waals surface area contributed by atoms with Crippen molar-refractivity contribution in [3.63, 3.8) is 0 Å². The second kappa shape index (κ2) is 7.87. The number of hydrogen-bond acceptors (Lipinski definition) is 3. The van der Waals surface area contributed by atoms with E-state index >= 15 is 0 Å². The standard InChI is InChI=1S/C23H20O4/c1-15(2)17-5-3-6-18(13-17)16-9-11-21(12-10-16)27-23(26)20-8-4-7-19(14-20)22(24)25/h3-12,14H,13H2,1-2H3,(H,24,25). The molecule has 27 heavy (non-hydrogen) atoms. The van der Waals surface area contributed by atoms with Crippen LogP contribution in [-0.4, -0.2) is 17.0 Å². The molecule has 0 unspecified atom stereocenters. The number of aromatic carboxylic acids is 1. The van der Waals surface area contributed by atoms with Crippen LogP contribution in [0.5, 0.6) is 5.75 Å². The SMILES string of the molecule is CC(C)=C1C=CC=C(c2ccc(OC(=O)c3cccc(C(=O)O)c3)cc2)C1. The Morgan fingerprint density at radius 3 is 2.37 bits per heavy atom. The van der Waals surface area contributed by atoms with E-state index in [0.717, 1.165) is 12.0 Å². The minimum Gasteiger partial charge on any atom is -0.478 e. The lowest BCUT2D eigenvalue weighted by Gasteiger charge is -2.14. The van der Waals surface area contributed by atoms with Gasteiger partial charge in [-0.2, -0.15) is 0 Å². The summed E-state index contributed by atoms with van der Waals surface area (Å²) in [5.41, 5.74) is 5.14. The third-order valence-electron chi connectivity index (χ3n) is 4.40.